The Kier molecular flexibility index (Phi) is 5.32. The van der Waals surface area contributed by atoms with Crippen LogP contribution in [-0.2, 0) is 29.0 Å². The molecule has 1 aromatic rings. The first-order valence-corrected chi connectivity index (χ1v) is 9.28. The lowest BCUT2D eigenvalue weighted by Gasteiger charge is -2.36. The quantitative estimate of drug-likeness (QED) is 0.754. The van der Waals surface area contributed by atoms with Crippen LogP contribution in [0.3, 0.4) is 0 Å². The van der Waals surface area contributed by atoms with Crippen molar-refractivity contribution in [2.45, 2.75) is 57.2 Å². The van der Waals surface area contributed by atoms with E-state index in [1.54, 1.807) is 7.11 Å². The fourth-order valence-corrected chi connectivity index (χ4v) is 3.66. The van der Waals surface area contributed by atoms with Gasteiger partial charge in [-0.1, -0.05) is 24.3 Å². The number of methoxy groups -OCH3 is 1. The van der Waals surface area contributed by atoms with Crippen LogP contribution in [0, 0.1) is 0 Å². The maximum atomic E-state index is 12.8. The Morgan fingerprint density at radius 3 is 2.08 bits per heavy atom. The van der Waals surface area contributed by atoms with Gasteiger partial charge in [0.05, 0.1) is 16.6 Å². The van der Waals surface area contributed by atoms with Gasteiger partial charge in [0.2, 0.25) is 0 Å². The van der Waals surface area contributed by atoms with E-state index in [1.807, 2.05) is 52.0 Å². The summed E-state index contributed by atoms with van der Waals surface area (Å²) >= 11 is 0. The second-order valence-electron chi connectivity index (χ2n) is 8.26. The molecule has 0 bridgehead atoms. The first kappa shape index (κ1) is 19.6. The number of hydrogen-bond acceptors (Lipinski definition) is 5. The van der Waals surface area contributed by atoms with E-state index in [0.29, 0.717) is 26.1 Å². The third kappa shape index (κ3) is 3.36. The molecule has 0 N–H and O–H groups in total. The van der Waals surface area contributed by atoms with Crippen LogP contribution in [-0.4, -0.2) is 51.0 Å². The highest BCUT2D eigenvalue weighted by Crippen LogP contribution is 2.38. The summed E-state index contributed by atoms with van der Waals surface area (Å²) in [6, 6.07) is 8.07. The molecular weight excluding hydrogens is 331 g/mol. The van der Waals surface area contributed by atoms with Crippen molar-refractivity contribution in [3.8, 4) is 0 Å². The molecule has 1 aromatic carbocycles. The summed E-state index contributed by atoms with van der Waals surface area (Å²) in [7, 11) is 1.17. The predicted octanol–water partition coefficient (Wildman–Crippen LogP) is 2.25. The monoisotopic (exact) mass is 360 g/mol. The number of carbonyl (C=O) groups is 1. The zero-order valence-corrected chi connectivity index (χ0v) is 16.5. The molecule has 2 aliphatic rings. The lowest BCUT2D eigenvalue weighted by Crippen LogP contribution is -2.43. The first-order chi connectivity index (χ1) is 12.2. The van der Waals surface area contributed by atoms with Gasteiger partial charge in [-0.15, -0.1) is 0 Å². The Labute approximate surface area is 156 Å². The van der Waals surface area contributed by atoms with E-state index >= 15 is 0 Å². The Bertz CT molecular complexity index is 631. The molecule has 0 aliphatic carbocycles. The second-order valence-corrected chi connectivity index (χ2v) is 8.26. The summed E-state index contributed by atoms with van der Waals surface area (Å²) in [5, 5.41) is 0. The molecule has 0 spiro atoms. The van der Waals surface area contributed by atoms with Crippen LogP contribution < -0.4 is 5.46 Å². The standard InChI is InChI=1S/C20H29BO5/c1-18(2)19(3,4)26-21(25-18)16-8-6-15(7-9-16)20(17(22)14-23-5)10-12-24-13-11-20/h6-9H,10-14H2,1-5H3. The van der Waals surface area contributed by atoms with Gasteiger partial charge in [0.15, 0.2) is 5.78 Å². The predicted molar refractivity (Wildman–Crippen MR) is 101 cm³/mol. The maximum absolute atomic E-state index is 12.8. The SMILES string of the molecule is COCC(=O)C1(c2ccc(B3OC(C)(C)C(C)(C)O3)cc2)CCOCC1. The van der Waals surface area contributed by atoms with Gasteiger partial charge < -0.3 is 18.8 Å². The molecule has 0 atom stereocenters. The lowest BCUT2D eigenvalue weighted by molar-refractivity contribution is -0.132. The molecule has 0 unspecified atom stereocenters. The first-order valence-electron chi connectivity index (χ1n) is 9.28. The minimum Gasteiger partial charge on any atom is -0.399 e. The van der Waals surface area contributed by atoms with Gasteiger partial charge in [0, 0.05) is 20.3 Å². The number of rotatable bonds is 5. The summed E-state index contributed by atoms with van der Waals surface area (Å²) < 4.78 is 22.9. The minimum atomic E-state index is -0.525. The van der Waals surface area contributed by atoms with E-state index < -0.39 is 12.5 Å². The highest BCUT2D eigenvalue weighted by molar-refractivity contribution is 6.62. The summed E-state index contributed by atoms with van der Waals surface area (Å²) in [6.07, 6.45) is 1.37. The minimum absolute atomic E-state index is 0.117. The van der Waals surface area contributed by atoms with Crippen LogP contribution in [0.25, 0.3) is 0 Å². The fraction of sp³-hybridized carbons (Fsp3) is 0.650. The lowest BCUT2D eigenvalue weighted by atomic mass is 9.69. The molecule has 0 saturated carbocycles. The van der Waals surface area contributed by atoms with Crippen molar-refractivity contribution >= 4 is 18.4 Å². The van der Waals surface area contributed by atoms with Gasteiger partial charge in [0.25, 0.3) is 0 Å². The number of ketones is 1. The van der Waals surface area contributed by atoms with Crippen LogP contribution in [0.5, 0.6) is 0 Å². The number of Topliss-reactive ketones (excluding diaryl/α,β-unsaturated/α-hetero) is 1. The van der Waals surface area contributed by atoms with Crippen LogP contribution >= 0.6 is 0 Å². The maximum Gasteiger partial charge on any atom is 0.494 e. The molecule has 5 nitrogen and oxygen atoms in total. The van der Waals surface area contributed by atoms with E-state index in [1.165, 1.54) is 0 Å². The molecule has 26 heavy (non-hydrogen) atoms. The molecule has 3 rings (SSSR count). The van der Waals surface area contributed by atoms with Crippen molar-refractivity contribution in [3.05, 3.63) is 29.8 Å². The highest BCUT2D eigenvalue weighted by atomic mass is 16.7. The normalized spacial score (nSPS) is 23.8. The summed E-state index contributed by atoms with van der Waals surface area (Å²) in [6.45, 7) is 9.48. The highest BCUT2D eigenvalue weighted by Gasteiger charge is 2.51. The van der Waals surface area contributed by atoms with Crippen molar-refractivity contribution < 1.29 is 23.6 Å². The zero-order chi connectivity index (χ0) is 19.0. The van der Waals surface area contributed by atoms with Gasteiger partial charge in [-0.05, 0) is 51.6 Å². The van der Waals surface area contributed by atoms with Crippen molar-refractivity contribution in [2.24, 2.45) is 0 Å². The van der Waals surface area contributed by atoms with Crippen molar-refractivity contribution in [3.63, 3.8) is 0 Å². The van der Waals surface area contributed by atoms with Crippen LogP contribution in [0.15, 0.2) is 24.3 Å². The van der Waals surface area contributed by atoms with E-state index in [4.69, 9.17) is 18.8 Å². The van der Waals surface area contributed by atoms with Crippen LogP contribution in [0.1, 0.15) is 46.1 Å². The average molecular weight is 360 g/mol. The molecule has 0 radical (unpaired) electrons. The molecule has 0 amide bonds. The zero-order valence-electron chi connectivity index (χ0n) is 16.5. The van der Waals surface area contributed by atoms with Crippen molar-refractivity contribution in [1.82, 2.24) is 0 Å². The molecule has 2 fully saturated rings. The smallest absolute Gasteiger partial charge is 0.399 e. The van der Waals surface area contributed by atoms with E-state index in [2.05, 4.69) is 0 Å². The van der Waals surface area contributed by atoms with Crippen molar-refractivity contribution in [1.29, 1.82) is 0 Å². The van der Waals surface area contributed by atoms with Crippen molar-refractivity contribution in [2.75, 3.05) is 26.9 Å². The summed E-state index contributed by atoms with van der Waals surface area (Å²) in [4.78, 5) is 12.8. The number of hydrogen-bond donors (Lipinski definition) is 0. The third-order valence-electron chi connectivity index (χ3n) is 6.14. The van der Waals surface area contributed by atoms with Crippen LogP contribution in [0.4, 0.5) is 0 Å². The number of benzene rings is 1. The molecular formula is C20H29BO5. The van der Waals surface area contributed by atoms with Gasteiger partial charge in [0.1, 0.15) is 6.61 Å². The molecule has 2 aliphatic heterocycles. The summed E-state index contributed by atoms with van der Waals surface area (Å²) in [5.41, 5.74) is 0.721. The van der Waals surface area contributed by atoms with Gasteiger partial charge >= 0.3 is 7.12 Å². The van der Waals surface area contributed by atoms with Crippen LogP contribution in [0.2, 0.25) is 0 Å². The topological polar surface area (TPSA) is 54.0 Å². The molecule has 2 saturated heterocycles. The Balaban J connectivity index is 1.85. The van der Waals surface area contributed by atoms with E-state index in [0.717, 1.165) is 11.0 Å². The van der Waals surface area contributed by atoms with E-state index in [9.17, 15) is 4.79 Å². The second kappa shape index (κ2) is 7.08. The molecule has 0 aromatic heterocycles. The van der Waals surface area contributed by atoms with Gasteiger partial charge in [-0.3, -0.25) is 4.79 Å². The summed E-state index contributed by atoms with van der Waals surface area (Å²) in [5.74, 6) is 0.117. The van der Waals surface area contributed by atoms with E-state index in [-0.39, 0.29) is 23.6 Å². The number of ether oxygens (including phenoxy) is 2. The fourth-order valence-electron chi connectivity index (χ4n) is 3.66. The van der Waals surface area contributed by atoms with Gasteiger partial charge in [-0.25, -0.2) is 0 Å². The Morgan fingerprint density at radius 1 is 1.04 bits per heavy atom. The van der Waals surface area contributed by atoms with Gasteiger partial charge in [-0.2, -0.15) is 0 Å². The largest absolute Gasteiger partial charge is 0.494 e. The molecule has 142 valence electrons. The molecule has 6 heteroatoms. The average Bonchev–Trinajstić information content (AvgIpc) is 2.83. The third-order valence-corrected chi connectivity index (χ3v) is 6.14. The Morgan fingerprint density at radius 2 is 1.58 bits per heavy atom. The molecule has 2 heterocycles. The number of carbonyl (C=O) groups excluding carboxylic acids is 1. The Hall–Kier alpha value is -1.21.